The van der Waals surface area contributed by atoms with Crippen molar-refractivity contribution in [2.75, 3.05) is 13.2 Å². The van der Waals surface area contributed by atoms with E-state index in [4.69, 9.17) is 14.2 Å². The minimum absolute atomic E-state index is 0.0724. The summed E-state index contributed by atoms with van der Waals surface area (Å²) in [5.41, 5.74) is 0. The fourth-order valence-electron chi connectivity index (χ4n) is 10.3. The van der Waals surface area contributed by atoms with Gasteiger partial charge in [-0.15, -0.1) is 0 Å². The lowest BCUT2D eigenvalue weighted by Crippen LogP contribution is -2.30. The van der Waals surface area contributed by atoms with E-state index in [1.54, 1.807) is 0 Å². The SMILES string of the molecule is CCCCCC/C=C\CCCCCCCC(=O)OCC(COC(=O)CCCCCCCCCCCCCCCCCCCCCCCCCCCCCCC)OC(=O)CCCCCCC/C=C\CCCCCCCC. The van der Waals surface area contributed by atoms with Crippen LogP contribution in [0.5, 0.6) is 0 Å². The summed E-state index contributed by atoms with van der Waals surface area (Å²) in [6.07, 6.45) is 77.8. The maximum absolute atomic E-state index is 12.9. The van der Waals surface area contributed by atoms with E-state index in [9.17, 15) is 14.4 Å². The number of unbranched alkanes of at least 4 members (excludes halogenated alkanes) is 48. The Balaban J connectivity index is 4.14. The molecule has 0 bridgehead atoms. The van der Waals surface area contributed by atoms with E-state index in [1.165, 1.54) is 270 Å². The number of carbonyl (C=O) groups excluding carboxylic acids is 3. The predicted molar refractivity (Wildman–Crippen MR) is 326 cm³/mol. The third kappa shape index (κ3) is 62.6. The van der Waals surface area contributed by atoms with Gasteiger partial charge in [-0.3, -0.25) is 14.4 Å². The second-order valence-electron chi connectivity index (χ2n) is 23.1. The number of esters is 3. The molecule has 442 valence electrons. The molecule has 1 atom stereocenters. The van der Waals surface area contributed by atoms with Gasteiger partial charge in [-0.2, -0.15) is 0 Å². The predicted octanol–water partition coefficient (Wildman–Crippen LogP) is 23.0. The van der Waals surface area contributed by atoms with Gasteiger partial charge < -0.3 is 14.2 Å². The number of rotatable bonds is 63. The zero-order valence-corrected chi connectivity index (χ0v) is 50.8. The number of carbonyl (C=O) groups is 3. The van der Waals surface area contributed by atoms with Crippen molar-refractivity contribution in [3.63, 3.8) is 0 Å². The number of hydrogen-bond donors (Lipinski definition) is 0. The van der Waals surface area contributed by atoms with Gasteiger partial charge in [0.05, 0.1) is 0 Å². The molecule has 0 aliphatic carbocycles. The molecule has 1 unspecified atom stereocenters. The van der Waals surface area contributed by atoms with Gasteiger partial charge in [0, 0.05) is 19.3 Å². The highest BCUT2D eigenvalue weighted by molar-refractivity contribution is 5.71. The molecule has 75 heavy (non-hydrogen) atoms. The molecule has 0 aliphatic heterocycles. The Bertz CT molecular complexity index is 1210. The molecule has 0 amide bonds. The van der Waals surface area contributed by atoms with Crippen LogP contribution in [0.2, 0.25) is 0 Å². The molecule has 0 saturated carbocycles. The van der Waals surface area contributed by atoms with Gasteiger partial charge in [-0.1, -0.05) is 315 Å². The first-order chi connectivity index (χ1) is 37.0. The lowest BCUT2D eigenvalue weighted by atomic mass is 10.0. The Morgan fingerprint density at radius 1 is 0.253 bits per heavy atom. The van der Waals surface area contributed by atoms with Crippen molar-refractivity contribution in [3.05, 3.63) is 24.3 Å². The third-order valence-electron chi connectivity index (χ3n) is 15.4. The lowest BCUT2D eigenvalue weighted by molar-refractivity contribution is -0.167. The van der Waals surface area contributed by atoms with Gasteiger partial charge in [-0.05, 0) is 70.6 Å². The molecule has 0 aromatic carbocycles. The molecule has 0 aromatic rings. The van der Waals surface area contributed by atoms with Crippen molar-refractivity contribution in [1.82, 2.24) is 0 Å². The molecule has 0 rings (SSSR count). The van der Waals surface area contributed by atoms with Gasteiger partial charge in [0.15, 0.2) is 6.10 Å². The van der Waals surface area contributed by atoms with Crippen molar-refractivity contribution in [2.45, 2.75) is 386 Å². The first kappa shape index (κ1) is 72.9. The van der Waals surface area contributed by atoms with Gasteiger partial charge in [-0.25, -0.2) is 0 Å². The zero-order chi connectivity index (χ0) is 54.3. The Morgan fingerprint density at radius 2 is 0.440 bits per heavy atom. The van der Waals surface area contributed by atoms with Crippen LogP contribution in [0.4, 0.5) is 0 Å². The summed E-state index contributed by atoms with van der Waals surface area (Å²) in [6, 6.07) is 0. The number of hydrogen-bond acceptors (Lipinski definition) is 6. The van der Waals surface area contributed by atoms with Gasteiger partial charge in [0.25, 0.3) is 0 Å². The maximum Gasteiger partial charge on any atom is 0.306 e. The van der Waals surface area contributed by atoms with Crippen molar-refractivity contribution in [1.29, 1.82) is 0 Å². The first-order valence-electron chi connectivity index (χ1n) is 33.8. The van der Waals surface area contributed by atoms with Crippen molar-refractivity contribution in [3.8, 4) is 0 Å². The Kier molecular flexibility index (Phi) is 62.6. The summed E-state index contributed by atoms with van der Waals surface area (Å²) < 4.78 is 16.9. The highest BCUT2D eigenvalue weighted by Gasteiger charge is 2.19. The highest BCUT2D eigenvalue weighted by Crippen LogP contribution is 2.18. The fourth-order valence-corrected chi connectivity index (χ4v) is 10.3. The van der Waals surface area contributed by atoms with Crippen LogP contribution in [-0.4, -0.2) is 37.2 Å². The van der Waals surface area contributed by atoms with E-state index < -0.39 is 6.10 Å². The van der Waals surface area contributed by atoms with E-state index in [0.29, 0.717) is 19.3 Å². The molecule has 0 radical (unpaired) electrons. The minimum Gasteiger partial charge on any atom is -0.462 e. The normalized spacial score (nSPS) is 12.1. The fraction of sp³-hybridized carbons (Fsp3) is 0.899. The van der Waals surface area contributed by atoms with Crippen molar-refractivity contribution in [2.24, 2.45) is 0 Å². The number of ether oxygens (including phenoxy) is 3. The number of allylic oxidation sites excluding steroid dienone is 4. The molecule has 0 spiro atoms. The summed E-state index contributed by atoms with van der Waals surface area (Å²) in [6.45, 7) is 6.67. The summed E-state index contributed by atoms with van der Waals surface area (Å²) in [5.74, 6) is -0.865. The Morgan fingerprint density at radius 3 is 0.680 bits per heavy atom. The molecule has 0 saturated heterocycles. The molecule has 0 aromatic heterocycles. The van der Waals surface area contributed by atoms with Crippen LogP contribution in [0.15, 0.2) is 24.3 Å². The molecule has 6 heteroatoms. The monoisotopic (exact) mass is 1050 g/mol. The smallest absolute Gasteiger partial charge is 0.306 e. The Labute approximate surface area is 468 Å². The van der Waals surface area contributed by atoms with Gasteiger partial charge in [0.2, 0.25) is 0 Å². The van der Waals surface area contributed by atoms with Crippen molar-refractivity contribution < 1.29 is 28.6 Å². The minimum atomic E-state index is -0.776. The molecule has 0 aliphatic rings. The Hall–Kier alpha value is -2.11. The highest BCUT2D eigenvalue weighted by atomic mass is 16.6. The quantitative estimate of drug-likeness (QED) is 0.0261. The topological polar surface area (TPSA) is 78.9 Å². The second kappa shape index (κ2) is 64.4. The van der Waals surface area contributed by atoms with Gasteiger partial charge in [0.1, 0.15) is 13.2 Å². The zero-order valence-electron chi connectivity index (χ0n) is 50.8. The third-order valence-corrected chi connectivity index (χ3v) is 15.4. The van der Waals surface area contributed by atoms with E-state index in [0.717, 1.165) is 70.6 Å². The summed E-state index contributed by atoms with van der Waals surface area (Å²) >= 11 is 0. The molecular formula is C69H130O6. The molecule has 0 N–H and O–H groups in total. The van der Waals surface area contributed by atoms with Crippen LogP contribution in [0.25, 0.3) is 0 Å². The second-order valence-corrected chi connectivity index (χ2v) is 23.1. The first-order valence-corrected chi connectivity index (χ1v) is 33.8. The van der Waals surface area contributed by atoms with Crippen LogP contribution in [0.3, 0.4) is 0 Å². The molecule has 0 fully saturated rings. The lowest BCUT2D eigenvalue weighted by Gasteiger charge is -2.18. The maximum atomic E-state index is 12.9. The standard InChI is InChI=1S/C69H130O6/c1-4-7-10-13-16-19-22-25-27-28-29-30-31-32-33-34-35-36-37-38-39-40-42-44-47-50-53-56-59-62-68(71)74-65-66(64-73-67(70)61-58-55-52-49-46-43-24-21-18-15-12-9-6-3)75-69(72)63-60-57-54-51-48-45-41-26-23-20-17-14-11-8-5-2/h21,24,26,41,66H,4-20,22-23,25,27-40,42-65H2,1-3H3/b24-21-,41-26-. The largest absolute Gasteiger partial charge is 0.462 e. The van der Waals surface area contributed by atoms with Crippen LogP contribution in [0.1, 0.15) is 380 Å². The molecule has 0 heterocycles. The van der Waals surface area contributed by atoms with Crippen LogP contribution in [0, 0.1) is 0 Å². The summed E-state index contributed by atoms with van der Waals surface area (Å²) in [7, 11) is 0. The van der Waals surface area contributed by atoms with Gasteiger partial charge >= 0.3 is 17.9 Å². The van der Waals surface area contributed by atoms with E-state index in [2.05, 4.69) is 45.1 Å². The van der Waals surface area contributed by atoms with E-state index in [-0.39, 0.29) is 31.1 Å². The van der Waals surface area contributed by atoms with Crippen LogP contribution < -0.4 is 0 Å². The van der Waals surface area contributed by atoms with E-state index >= 15 is 0 Å². The molecular weight excluding hydrogens is 925 g/mol. The summed E-state index contributed by atoms with van der Waals surface area (Å²) in [5, 5.41) is 0. The van der Waals surface area contributed by atoms with E-state index in [1.807, 2.05) is 0 Å². The summed E-state index contributed by atoms with van der Waals surface area (Å²) in [4.78, 5) is 38.3. The average Bonchev–Trinajstić information content (AvgIpc) is 3.41. The average molecular weight is 1060 g/mol. The van der Waals surface area contributed by atoms with Crippen LogP contribution in [-0.2, 0) is 28.6 Å². The van der Waals surface area contributed by atoms with Crippen molar-refractivity contribution >= 4 is 17.9 Å². The molecule has 6 nitrogen and oxygen atoms in total. The van der Waals surface area contributed by atoms with Crippen LogP contribution >= 0.6 is 0 Å².